The van der Waals surface area contributed by atoms with E-state index < -0.39 is 20.5 Å². The van der Waals surface area contributed by atoms with E-state index in [-0.39, 0.29) is 22.3 Å². The number of ketones is 1. The quantitative estimate of drug-likeness (QED) is 0.598. The number of Topliss-reactive ketones (excluding diaryl/α,β-unsaturated/α-hetero) is 1. The molecular weight excluding hydrogens is 258 g/mol. The Labute approximate surface area is 105 Å². The smallest absolute Gasteiger partial charge is 0.269 e. The van der Waals surface area contributed by atoms with Crippen molar-refractivity contribution < 1.29 is 18.1 Å². The van der Waals surface area contributed by atoms with Crippen LogP contribution < -0.4 is 0 Å². The fourth-order valence-corrected chi connectivity index (χ4v) is 2.64. The fourth-order valence-electron chi connectivity index (χ4n) is 1.21. The summed E-state index contributed by atoms with van der Waals surface area (Å²) in [6, 6.07) is 4.49. The molecule has 6 nitrogen and oxygen atoms in total. The molecule has 98 valence electrons. The van der Waals surface area contributed by atoms with Crippen molar-refractivity contribution in [2.24, 2.45) is 5.92 Å². The van der Waals surface area contributed by atoms with Crippen LogP contribution in [0.15, 0.2) is 29.2 Å². The molecule has 0 saturated carbocycles. The standard InChI is InChI=1S/C11H13NO5S/c1-8(2)11(13)7-18(16,17)10-5-3-9(4-6-10)12(14)15/h3-6,8H,7H2,1-2H3. The molecule has 0 aliphatic heterocycles. The van der Waals surface area contributed by atoms with E-state index in [1.807, 2.05) is 0 Å². The van der Waals surface area contributed by atoms with E-state index in [2.05, 4.69) is 0 Å². The average molecular weight is 271 g/mol. The first-order chi connectivity index (χ1) is 8.24. The molecule has 7 heteroatoms. The van der Waals surface area contributed by atoms with Crippen LogP contribution in [-0.4, -0.2) is 24.9 Å². The second-order valence-electron chi connectivity index (χ2n) is 4.13. The molecule has 0 atom stereocenters. The zero-order valence-corrected chi connectivity index (χ0v) is 10.8. The zero-order chi connectivity index (χ0) is 13.9. The third-order valence-corrected chi connectivity index (χ3v) is 4.04. The van der Waals surface area contributed by atoms with Crippen molar-refractivity contribution in [2.45, 2.75) is 18.7 Å². The predicted molar refractivity (Wildman–Crippen MR) is 65.0 cm³/mol. The lowest BCUT2D eigenvalue weighted by atomic mass is 10.1. The van der Waals surface area contributed by atoms with Gasteiger partial charge < -0.3 is 0 Å². The maximum Gasteiger partial charge on any atom is 0.269 e. The molecule has 0 amide bonds. The Hall–Kier alpha value is -1.76. The summed E-state index contributed by atoms with van der Waals surface area (Å²) in [5, 5.41) is 10.4. The Morgan fingerprint density at radius 2 is 1.78 bits per heavy atom. The first-order valence-electron chi connectivity index (χ1n) is 5.24. The highest BCUT2D eigenvalue weighted by atomic mass is 32.2. The minimum atomic E-state index is -3.72. The maximum atomic E-state index is 11.8. The average Bonchev–Trinajstić information content (AvgIpc) is 2.28. The van der Waals surface area contributed by atoms with Crippen LogP contribution in [0.1, 0.15) is 13.8 Å². The second-order valence-corrected chi connectivity index (χ2v) is 6.12. The molecule has 0 aliphatic carbocycles. The van der Waals surface area contributed by atoms with Gasteiger partial charge in [-0.3, -0.25) is 14.9 Å². The summed E-state index contributed by atoms with van der Waals surface area (Å²) in [4.78, 5) is 21.2. The molecule has 0 aliphatic rings. The molecule has 18 heavy (non-hydrogen) atoms. The van der Waals surface area contributed by atoms with Crippen LogP contribution in [0, 0.1) is 16.0 Å². The number of non-ortho nitro benzene ring substituents is 1. The van der Waals surface area contributed by atoms with Gasteiger partial charge in [0.2, 0.25) is 0 Å². The molecular formula is C11H13NO5S. The Morgan fingerprint density at radius 3 is 2.17 bits per heavy atom. The number of nitro groups is 1. The van der Waals surface area contributed by atoms with Crippen LogP contribution in [-0.2, 0) is 14.6 Å². The SMILES string of the molecule is CC(C)C(=O)CS(=O)(=O)c1ccc([N+](=O)[O-])cc1. The largest absolute Gasteiger partial charge is 0.298 e. The lowest BCUT2D eigenvalue weighted by Gasteiger charge is -2.05. The fraction of sp³-hybridized carbons (Fsp3) is 0.364. The molecule has 0 fully saturated rings. The highest BCUT2D eigenvalue weighted by molar-refractivity contribution is 7.92. The molecule has 0 radical (unpaired) electrons. The van der Waals surface area contributed by atoms with E-state index in [4.69, 9.17) is 0 Å². The van der Waals surface area contributed by atoms with E-state index in [0.29, 0.717) is 0 Å². The van der Waals surface area contributed by atoms with Gasteiger partial charge in [0.05, 0.1) is 9.82 Å². The normalized spacial score (nSPS) is 11.5. The summed E-state index contributed by atoms with van der Waals surface area (Å²) in [6.07, 6.45) is 0. The summed E-state index contributed by atoms with van der Waals surface area (Å²) in [5.74, 6) is -1.33. The van der Waals surface area contributed by atoms with Gasteiger partial charge in [-0.15, -0.1) is 0 Å². The molecule has 0 bridgehead atoms. The van der Waals surface area contributed by atoms with Crippen molar-refractivity contribution in [1.82, 2.24) is 0 Å². The lowest BCUT2D eigenvalue weighted by Crippen LogP contribution is -2.20. The van der Waals surface area contributed by atoms with Crippen molar-refractivity contribution in [3.63, 3.8) is 0 Å². The summed E-state index contributed by atoms with van der Waals surface area (Å²) >= 11 is 0. The van der Waals surface area contributed by atoms with Crippen molar-refractivity contribution in [3.8, 4) is 0 Å². The third kappa shape index (κ3) is 3.36. The molecule has 0 aromatic heterocycles. The van der Waals surface area contributed by atoms with Gasteiger partial charge in [-0.25, -0.2) is 8.42 Å². The van der Waals surface area contributed by atoms with Crippen molar-refractivity contribution in [2.75, 3.05) is 5.75 Å². The third-order valence-electron chi connectivity index (χ3n) is 2.38. The number of hydrogen-bond acceptors (Lipinski definition) is 5. The maximum absolute atomic E-state index is 11.8. The highest BCUT2D eigenvalue weighted by Gasteiger charge is 2.21. The minimum absolute atomic E-state index is 0.0814. The van der Waals surface area contributed by atoms with E-state index in [0.717, 1.165) is 24.3 Å². The van der Waals surface area contributed by atoms with Crippen LogP contribution in [0.4, 0.5) is 5.69 Å². The van der Waals surface area contributed by atoms with Gasteiger partial charge in [-0.1, -0.05) is 13.8 Å². The molecule has 1 aromatic carbocycles. The number of carbonyl (C=O) groups excluding carboxylic acids is 1. The predicted octanol–water partition coefficient (Wildman–Crippen LogP) is 1.59. The number of carbonyl (C=O) groups is 1. The topological polar surface area (TPSA) is 94.3 Å². The number of nitro benzene ring substituents is 1. The molecule has 0 spiro atoms. The van der Waals surface area contributed by atoms with E-state index in [1.165, 1.54) is 0 Å². The lowest BCUT2D eigenvalue weighted by molar-refractivity contribution is -0.384. The summed E-state index contributed by atoms with van der Waals surface area (Å²) in [7, 11) is -3.72. The number of rotatable bonds is 5. The number of hydrogen-bond donors (Lipinski definition) is 0. The van der Waals surface area contributed by atoms with Gasteiger partial charge in [0, 0.05) is 18.1 Å². The van der Waals surface area contributed by atoms with Crippen LogP contribution >= 0.6 is 0 Å². The minimum Gasteiger partial charge on any atom is -0.298 e. The first kappa shape index (κ1) is 14.3. The Bertz CT molecular complexity index is 560. The molecule has 0 heterocycles. The Morgan fingerprint density at radius 1 is 1.28 bits per heavy atom. The molecule has 0 saturated heterocycles. The van der Waals surface area contributed by atoms with Crippen LogP contribution in [0.2, 0.25) is 0 Å². The number of sulfone groups is 1. The monoisotopic (exact) mass is 271 g/mol. The van der Waals surface area contributed by atoms with Gasteiger partial charge >= 0.3 is 0 Å². The summed E-state index contributed by atoms with van der Waals surface area (Å²) in [5.41, 5.74) is -0.191. The second kappa shape index (κ2) is 5.26. The van der Waals surface area contributed by atoms with Crippen LogP contribution in [0.3, 0.4) is 0 Å². The Kier molecular flexibility index (Phi) is 4.18. The molecule has 0 unspecified atom stereocenters. The summed E-state index contributed by atoms with van der Waals surface area (Å²) < 4.78 is 23.7. The van der Waals surface area contributed by atoms with Crippen LogP contribution in [0.5, 0.6) is 0 Å². The Balaban J connectivity index is 2.99. The molecule has 0 N–H and O–H groups in total. The molecule has 1 aromatic rings. The van der Waals surface area contributed by atoms with Gasteiger partial charge in [0.25, 0.3) is 5.69 Å². The van der Waals surface area contributed by atoms with Gasteiger partial charge in [-0.05, 0) is 12.1 Å². The van der Waals surface area contributed by atoms with Crippen LogP contribution in [0.25, 0.3) is 0 Å². The van der Waals surface area contributed by atoms with Crippen molar-refractivity contribution in [1.29, 1.82) is 0 Å². The van der Waals surface area contributed by atoms with E-state index >= 15 is 0 Å². The number of benzene rings is 1. The van der Waals surface area contributed by atoms with Crippen molar-refractivity contribution >= 4 is 21.3 Å². The van der Waals surface area contributed by atoms with E-state index in [9.17, 15) is 23.3 Å². The van der Waals surface area contributed by atoms with Gasteiger partial charge in [-0.2, -0.15) is 0 Å². The molecule has 1 rings (SSSR count). The van der Waals surface area contributed by atoms with Gasteiger partial charge in [0.15, 0.2) is 15.6 Å². The number of nitrogens with zero attached hydrogens (tertiary/aromatic N) is 1. The zero-order valence-electron chi connectivity index (χ0n) is 9.99. The van der Waals surface area contributed by atoms with E-state index in [1.54, 1.807) is 13.8 Å². The first-order valence-corrected chi connectivity index (χ1v) is 6.89. The van der Waals surface area contributed by atoms with Gasteiger partial charge in [0.1, 0.15) is 5.75 Å². The highest BCUT2D eigenvalue weighted by Crippen LogP contribution is 2.17. The van der Waals surface area contributed by atoms with Crippen molar-refractivity contribution in [3.05, 3.63) is 34.4 Å². The summed E-state index contributed by atoms with van der Waals surface area (Å²) in [6.45, 7) is 3.24.